The van der Waals surface area contributed by atoms with Gasteiger partial charge in [-0.1, -0.05) is 65.4 Å². The first-order valence-corrected chi connectivity index (χ1v) is 5.29. The molecule has 0 rings (SSSR count). The zero-order chi connectivity index (χ0) is 8.69. The van der Waals surface area contributed by atoms with Gasteiger partial charge < -0.3 is 0 Å². The van der Waals surface area contributed by atoms with Crippen LogP contribution in [-0.2, 0) is 0 Å². The summed E-state index contributed by atoms with van der Waals surface area (Å²) in [6.07, 6.45) is 6.90. The summed E-state index contributed by atoms with van der Waals surface area (Å²) < 4.78 is 0. The minimum Gasteiger partial charge on any atom is -0.0768 e. The minimum absolute atomic E-state index is 0.986. The summed E-state index contributed by atoms with van der Waals surface area (Å²) in [5.41, 5.74) is 0. The van der Waals surface area contributed by atoms with E-state index in [-0.39, 0.29) is 0 Å². The fraction of sp³-hybridized carbons (Fsp3) is 1.00. The molecule has 0 bridgehead atoms. The van der Waals surface area contributed by atoms with Gasteiger partial charge in [0.1, 0.15) is 6.71 Å². The largest absolute Gasteiger partial charge is 0.142 e. The summed E-state index contributed by atoms with van der Waals surface area (Å²) in [6, 6.07) is 0. The van der Waals surface area contributed by atoms with Crippen molar-refractivity contribution in [3.05, 3.63) is 0 Å². The molecule has 0 saturated carbocycles. The van der Waals surface area contributed by atoms with Crippen LogP contribution in [0.2, 0.25) is 18.5 Å². The summed E-state index contributed by atoms with van der Waals surface area (Å²) in [5, 5.41) is 0. The number of rotatable bonds is 6. The van der Waals surface area contributed by atoms with E-state index >= 15 is 0 Å². The van der Waals surface area contributed by atoms with E-state index < -0.39 is 0 Å². The van der Waals surface area contributed by atoms with Crippen molar-refractivity contribution < 1.29 is 0 Å². The van der Waals surface area contributed by atoms with E-state index in [0.29, 0.717) is 0 Å². The Morgan fingerprint density at radius 2 is 1.55 bits per heavy atom. The van der Waals surface area contributed by atoms with E-state index in [0.717, 1.165) is 12.5 Å². The van der Waals surface area contributed by atoms with Crippen LogP contribution in [0, 0.1) is 0 Å². The monoisotopic (exact) mass is 154 g/mol. The third-order valence-electron chi connectivity index (χ3n) is 2.90. The van der Waals surface area contributed by atoms with Crippen LogP contribution in [0.15, 0.2) is 0 Å². The van der Waals surface area contributed by atoms with Crippen LogP contribution in [0.4, 0.5) is 0 Å². The van der Waals surface area contributed by atoms with Gasteiger partial charge in [-0.15, -0.1) is 0 Å². The van der Waals surface area contributed by atoms with Crippen LogP contribution in [0.25, 0.3) is 0 Å². The molecule has 0 spiro atoms. The maximum Gasteiger partial charge on any atom is 0.142 e. The topological polar surface area (TPSA) is 0 Å². The Morgan fingerprint density at radius 1 is 1.00 bits per heavy atom. The standard InChI is InChI=1S/C10H23B/c1-5-9-10(6-2)11(7-3)8-4/h10H,5-9H2,1-4H3. The van der Waals surface area contributed by atoms with Crippen LogP contribution < -0.4 is 0 Å². The lowest BCUT2D eigenvalue weighted by atomic mass is 9.36. The van der Waals surface area contributed by atoms with Gasteiger partial charge in [-0.2, -0.15) is 0 Å². The van der Waals surface area contributed by atoms with Crippen LogP contribution in [0.5, 0.6) is 0 Å². The van der Waals surface area contributed by atoms with Gasteiger partial charge >= 0.3 is 0 Å². The molecule has 0 aromatic rings. The molecular formula is C10H23B. The van der Waals surface area contributed by atoms with Crippen molar-refractivity contribution in [2.45, 2.75) is 65.4 Å². The second-order valence-corrected chi connectivity index (χ2v) is 3.53. The lowest BCUT2D eigenvalue weighted by Crippen LogP contribution is -2.17. The highest BCUT2D eigenvalue weighted by atomic mass is 14.0. The highest BCUT2D eigenvalue weighted by Crippen LogP contribution is 2.25. The van der Waals surface area contributed by atoms with Gasteiger partial charge in [0.15, 0.2) is 0 Å². The van der Waals surface area contributed by atoms with E-state index in [9.17, 15) is 0 Å². The minimum atomic E-state index is 0.986. The first kappa shape index (κ1) is 11.1. The van der Waals surface area contributed by atoms with Crippen LogP contribution >= 0.6 is 0 Å². The molecule has 0 fully saturated rings. The molecule has 11 heavy (non-hydrogen) atoms. The molecule has 0 saturated heterocycles. The molecule has 0 heterocycles. The molecule has 66 valence electrons. The van der Waals surface area contributed by atoms with Gasteiger partial charge in [0, 0.05) is 0 Å². The van der Waals surface area contributed by atoms with Crippen molar-refractivity contribution in [1.29, 1.82) is 0 Å². The second-order valence-electron chi connectivity index (χ2n) is 3.53. The van der Waals surface area contributed by atoms with Crippen molar-refractivity contribution in [2.24, 2.45) is 0 Å². The average Bonchev–Trinajstić information content (AvgIpc) is 2.05. The van der Waals surface area contributed by atoms with Gasteiger partial charge in [0.2, 0.25) is 0 Å². The zero-order valence-corrected chi connectivity index (χ0v) is 8.69. The molecule has 1 atom stereocenters. The fourth-order valence-corrected chi connectivity index (χ4v) is 2.10. The predicted octanol–water partition coefficient (Wildman–Crippen LogP) is 4.10. The first-order chi connectivity index (χ1) is 5.29. The van der Waals surface area contributed by atoms with E-state index in [1.165, 1.54) is 31.9 Å². The van der Waals surface area contributed by atoms with Crippen molar-refractivity contribution in [3.63, 3.8) is 0 Å². The molecule has 0 aliphatic heterocycles. The van der Waals surface area contributed by atoms with Gasteiger partial charge in [-0.25, -0.2) is 0 Å². The molecule has 1 heteroatoms. The zero-order valence-electron chi connectivity index (χ0n) is 8.69. The second kappa shape index (κ2) is 6.76. The van der Waals surface area contributed by atoms with Crippen LogP contribution in [0.3, 0.4) is 0 Å². The first-order valence-electron chi connectivity index (χ1n) is 5.29. The molecule has 0 aromatic carbocycles. The normalized spacial score (nSPS) is 13.1. The Balaban J connectivity index is 3.76. The Kier molecular flexibility index (Phi) is 6.80. The van der Waals surface area contributed by atoms with Crippen molar-refractivity contribution in [3.8, 4) is 0 Å². The Morgan fingerprint density at radius 3 is 1.82 bits per heavy atom. The maximum absolute atomic E-state index is 2.33. The lowest BCUT2D eigenvalue weighted by Gasteiger charge is -2.20. The molecule has 0 aromatic heterocycles. The van der Waals surface area contributed by atoms with Crippen molar-refractivity contribution in [2.75, 3.05) is 0 Å². The van der Waals surface area contributed by atoms with E-state index in [2.05, 4.69) is 27.7 Å². The highest BCUT2D eigenvalue weighted by molar-refractivity contribution is 6.60. The van der Waals surface area contributed by atoms with Crippen molar-refractivity contribution >= 4 is 6.71 Å². The molecule has 0 N–H and O–H groups in total. The smallest absolute Gasteiger partial charge is 0.0768 e. The van der Waals surface area contributed by atoms with Gasteiger partial charge in [0.05, 0.1) is 0 Å². The molecule has 0 radical (unpaired) electrons. The van der Waals surface area contributed by atoms with E-state index in [1.54, 1.807) is 0 Å². The summed E-state index contributed by atoms with van der Waals surface area (Å²) in [4.78, 5) is 0. The molecule has 0 aliphatic rings. The lowest BCUT2D eigenvalue weighted by molar-refractivity contribution is 0.680. The molecule has 0 nitrogen and oxygen atoms in total. The molecular weight excluding hydrogens is 131 g/mol. The molecule has 1 unspecified atom stereocenters. The molecule has 0 aliphatic carbocycles. The third kappa shape index (κ3) is 3.84. The van der Waals surface area contributed by atoms with E-state index in [4.69, 9.17) is 0 Å². The maximum atomic E-state index is 2.33. The fourth-order valence-electron chi connectivity index (χ4n) is 2.10. The Bertz CT molecular complexity index is 76.9. The summed E-state index contributed by atoms with van der Waals surface area (Å²) in [5.74, 6) is 0.995. The van der Waals surface area contributed by atoms with Gasteiger partial charge in [-0.3, -0.25) is 0 Å². The SMILES string of the molecule is CCCC(CC)B(CC)CC. The predicted molar refractivity (Wildman–Crippen MR) is 55.7 cm³/mol. The summed E-state index contributed by atoms with van der Waals surface area (Å²) in [6.45, 7) is 10.3. The van der Waals surface area contributed by atoms with Crippen molar-refractivity contribution in [1.82, 2.24) is 0 Å². The Hall–Kier alpha value is 0.0649. The summed E-state index contributed by atoms with van der Waals surface area (Å²) in [7, 11) is 0. The van der Waals surface area contributed by atoms with Crippen LogP contribution in [0.1, 0.15) is 47.0 Å². The van der Waals surface area contributed by atoms with E-state index in [1.807, 2.05) is 0 Å². The summed E-state index contributed by atoms with van der Waals surface area (Å²) >= 11 is 0. The third-order valence-corrected chi connectivity index (χ3v) is 2.90. The van der Waals surface area contributed by atoms with Gasteiger partial charge in [-0.05, 0) is 0 Å². The quantitative estimate of drug-likeness (QED) is 0.505. The molecule has 0 amide bonds. The number of hydrogen-bond acceptors (Lipinski definition) is 0. The highest BCUT2D eigenvalue weighted by Gasteiger charge is 2.18. The van der Waals surface area contributed by atoms with Gasteiger partial charge in [0.25, 0.3) is 0 Å². The van der Waals surface area contributed by atoms with Crippen LogP contribution in [-0.4, -0.2) is 6.71 Å². The number of hydrogen-bond donors (Lipinski definition) is 0. The average molecular weight is 154 g/mol. The Labute approximate surface area is 72.8 Å².